The number of rotatable bonds is 4. The molecule has 18 heavy (non-hydrogen) atoms. The molecule has 94 valence electrons. The van der Waals surface area contributed by atoms with Crippen LogP contribution in [0.2, 0.25) is 0 Å². The van der Waals surface area contributed by atoms with Gasteiger partial charge in [0.2, 0.25) is 0 Å². The van der Waals surface area contributed by atoms with Crippen molar-refractivity contribution in [2.24, 2.45) is 0 Å². The fraction of sp³-hybridized carbons (Fsp3) is 0.357. The second-order valence-electron chi connectivity index (χ2n) is 4.55. The van der Waals surface area contributed by atoms with E-state index in [1.54, 1.807) is 6.33 Å². The summed E-state index contributed by atoms with van der Waals surface area (Å²) in [5.74, 6) is 1.03. The van der Waals surface area contributed by atoms with Gasteiger partial charge in [-0.2, -0.15) is 0 Å². The Morgan fingerprint density at radius 1 is 1.39 bits per heavy atom. The predicted octanol–water partition coefficient (Wildman–Crippen LogP) is 1.55. The summed E-state index contributed by atoms with van der Waals surface area (Å²) < 4.78 is 7.50. The van der Waals surface area contributed by atoms with E-state index in [2.05, 4.69) is 23.2 Å². The minimum Gasteiger partial charge on any atom is -0.493 e. The van der Waals surface area contributed by atoms with Crippen LogP contribution in [0.3, 0.4) is 0 Å². The highest BCUT2D eigenvalue weighted by atomic mass is 16.5. The maximum Gasteiger partial charge on any atom is 0.122 e. The van der Waals surface area contributed by atoms with Gasteiger partial charge in [-0.05, 0) is 23.6 Å². The lowest BCUT2D eigenvalue weighted by Crippen LogP contribution is -1.99. The third-order valence-corrected chi connectivity index (χ3v) is 3.26. The zero-order valence-corrected chi connectivity index (χ0v) is 10.2. The Hall–Kier alpha value is -1.81. The van der Waals surface area contributed by atoms with E-state index in [0.717, 1.165) is 37.4 Å². The molecule has 0 fully saturated rings. The van der Waals surface area contributed by atoms with Crippen molar-refractivity contribution >= 4 is 0 Å². The highest BCUT2D eigenvalue weighted by Gasteiger charge is 2.11. The summed E-state index contributed by atoms with van der Waals surface area (Å²) >= 11 is 0. The van der Waals surface area contributed by atoms with Gasteiger partial charge in [0, 0.05) is 19.2 Å². The zero-order valence-electron chi connectivity index (χ0n) is 10.2. The summed E-state index contributed by atoms with van der Waals surface area (Å²) in [7, 11) is 0. The van der Waals surface area contributed by atoms with Crippen LogP contribution in [0.5, 0.6) is 5.75 Å². The number of hydrogen-bond donors (Lipinski definition) is 1. The third kappa shape index (κ3) is 2.24. The number of aliphatic hydroxyl groups is 1. The van der Waals surface area contributed by atoms with Crippen LogP contribution < -0.4 is 4.74 Å². The van der Waals surface area contributed by atoms with E-state index < -0.39 is 0 Å². The Labute approximate surface area is 106 Å². The molecule has 1 aromatic carbocycles. The quantitative estimate of drug-likeness (QED) is 0.887. The van der Waals surface area contributed by atoms with E-state index in [9.17, 15) is 0 Å². The van der Waals surface area contributed by atoms with Gasteiger partial charge >= 0.3 is 0 Å². The molecule has 0 radical (unpaired) electrons. The monoisotopic (exact) mass is 244 g/mol. The van der Waals surface area contributed by atoms with Crippen LogP contribution in [0.25, 0.3) is 0 Å². The molecular formula is C14H16N2O2. The van der Waals surface area contributed by atoms with E-state index >= 15 is 0 Å². The van der Waals surface area contributed by atoms with Gasteiger partial charge in [0.25, 0.3) is 0 Å². The van der Waals surface area contributed by atoms with Crippen molar-refractivity contribution in [2.45, 2.75) is 26.0 Å². The van der Waals surface area contributed by atoms with Crippen LogP contribution in [0.4, 0.5) is 0 Å². The van der Waals surface area contributed by atoms with Crippen molar-refractivity contribution in [1.29, 1.82) is 0 Å². The van der Waals surface area contributed by atoms with Crippen molar-refractivity contribution < 1.29 is 9.84 Å². The highest BCUT2D eigenvalue weighted by Crippen LogP contribution is 2.26. The first-order valence-electron chi connectivity index (χ1n) is 6.21. The summed E-state index contributed by atoms with van der Waals surface area (Å²) in [5, 5.41) is 8.95. The van der Waals surface area contributed by atoms with Gasteiger partial charge in [0.15, 0.2) is 0 Å². The molecule has 1 aromatic heterocycles. The first-order chi connectivity index (χ1) is 8.85. The van der Waals surface area contributed by atoms with Crippen molar-refractivity contribution in [3.05, 3.63) is 47.5 Å². The van der Waals surface area contributed by atoms with E-state index in [0.29, 0.717) is 0 Å². The summed E-state index contributed by atoms with van der Waals surface area (Å²) in [6, 6.07) is 6.41. The first-order valence-corrected chi connectivity index (χ1v) is 6.21. The molecule has 0 spiro atoms. The Bertz CT molecular complexity index is 548. The fourth-order valence-electron chi connectivity index (χ4n) is 2.26. The maximum atomic E-state index is 8.95. The molecule has 0 saturated heterocycles. The highest BCUT2D eigenvalue weighted by molar-refractivity contribution is 5.39. The predicted molar refractivity (Wildman–Crippen MR) is 67.5 cm³/mol. The van der Waals surface area contributed by atoms with Crippen LogP contribution in [-0.4, -0.2) is 21.3 Å². The summed E-state index contributed by atoms with van der Waals surface area (Å²) in [4.78, 5) is 4.10. The van der Waals surface area contributed by atoms with Gasteiger partial charge in [0.05, 0.1) is 25.2 Å². The van der Waals surface area contributed by atoms with E-state index in [1.165, 1.54) is 11.1 Å². The molecule has 0 bridgehead atoms. The Kier molecular flexibility index (Phi) is 3.02. The first kappa shape index (κ1) is 11.3. The van der Waals surface area contributed by atoms with Crippen molar-refractivity contribution in [3.63, 3.8) is 0 Å². The molecule has 0 atom stereocenters. The van der Waals surface area contributed by atoms with Crippen LogP contribution >= 0.6 is 0 Å². The number of nitrogens with zero attached hydrogens (tertiary/aromatic N) is 2. The van der Waals surface area contributed by atoms with Crippen LogP contribution in [-0.2, 0) is 26.0 Å². The third-order valence-electron chi connectivity index (χ3n) is 3.26. The number of aryl methyl sites for hydroxylation is 2. The number of aliphatic hydroxyl groups excluding tert-OH is 1. The minimum absolute atomic E-state index is 0.00316. The van der Waals surface area contributed by atoms with Crippen molar-refractivity contribution in [1.82, 2.24) is 9.55 Å². The van der Waals surface area contributed by atoms with E-state index in [4.69, 9.17) is 9.84 Å². The second kappa shape index (κ2) is 4.82. The largest absolute Gasteiger partial charge is 0.493 e. The summed E-state index contributed by atoms with van der Waals surface area (Å²) in [5.41, 5.74) is 3.35. The fourth-order valence-corrected chi connectivity index (χ4v) is 2.26. The average molecular weight is 244 g/mol. The van der Waals surface area contributed by atoms with Gasteiger partial charge in [-0.1, -0.05) is 12.1 Å². The molecule has 3 rings (SSSR count). The molecule has 0 aliphatic carbocycles. The van der Waals surface area contributed by atoms with E-state index in [1.807, 2.05) is 10.8 Å². The van der Waals surface area contributed by atoms with Gasteiger partial charge in [-0.3, -0.25) is 0 Å². The standard InChI is InChI=1S/C14H16N2O2/c17-9-13-8-16(10-15-13)5-3-11-1-2-14-12(7-11)4-6-18-14/h1-2,7-8,10,17H,3-6,9H2. The van der Waals surface area contributed by atoms with Gasteiger partial charge in [0.1, 0.15) is 5.75 Å². The molecule has 4 heteroatoms. The molecule has 2 aromatic rings. The lowest BCUT2D eigenvalue weighted by molar-refractivity contribution is 0.277. The van der Waals surface area contributed by atoms with Gasteiger partial charge in [-0.25, -0.2) is 4.98 Å². The summed E-state index contributed by atoms with van der Waals surface area (Å²) in [6.45, 7) is 1.69. The van der Waals surface area contributed by atoms with Crippen LogP contribution in [0.1, 0.15) is 16.8 Å². The molecule has 1 aliphatic rings. The smallest absolute Gasteiger partial charge is 0.122 e. The molecule has 1 aliphatic heterocycles. The maximum absolute atomic E-state index is 8.95. The number of aromatic nitrogens is 2. The van der Waals surface area contributed by atoms with Crippen molar-refractivity contribution in [2.75, 3.05) is 6.61 Å². The molecular weight excluding hydrogens is 228 g/mol. The number of fused-ring (bicyclic) bond motifs is 1. The Morgan fingerprint density at radius 3 is 3.17 bits per heavy atom. The molecule has 0 amide bonds. The normalized spacial score (nSPS) is 13.4. The minimum atomic E-state index is 0.00316. The Balaban J connectivity index is 1.66. The Morgan fingerprint density at radius 2 is 2.33 bits per heavy atom. The number of ether oxygens (including phenoxy) is 1. The van der Waals surface area contributed by atoms with Gasteiger partial charge in [-0.15, -0.1) is 0 Å². The van der Waals surface area contributed by atoms with E-state index in [-0.39, 0.29) is 6.61 Å². The number of benzene rings is 1. The van der Waals surface area contributed by atoms with Crippen LogP contribution in [0, 0.1) is 0 Å². The van der Waals surface area contributed by atoms with Gasteiger partial charge < -0.3 is 14.4 Å². The van der Waals surface area contributed by atoms with Crippen molar-refractivity contribution in [3.8, 4) is 5.75 Å². The number of hydrogen-bond acceptors (Lipinski definition) is 3. The lowest BCUT2D eigenvalue weighted by atomic mass is 10.1. The number of imidazole rings is 1. The van der Waals surface area contributed by atoms with Crippen LogP contribution in [0.15, 0.2) is 30.7 Å². The molecule has 0 saturated carbocycles. The molecule has 4 nitrogen and oxygen atoms in total. The molecule has 0 unspecified atom stereocenters. The topological polar surface area (TPSA) is 47.3 Å². The SMILES string of the molecule is OCc1cn(CCc2ccc3c(c2)CCO3)cn1. The average Bonchev–Trinajstić information content (AvgIpc) is 3.04. The zero-order chi connectivity index (χ0) is 12.4. The molecule has 1 N–H and O–H groups in total. The summed E-state index contributed by atoms with van der Waals surface area (Å²) in [6.07, 6.45) is 5.63. The second-order valence-corrected chi connectivity index (χ2v) is 4.55. The lowest BCUT2D eigenvalue weighted by Gasteiger charge is -2.05. The molecule has 2 heterocycles.